The number of nitrogens with zero attached hydrogens (tertiary/aromatic N) is 1. The Morgan fingerprint density at radius 1 is 1.07 bits per heavy atom. The van der Waals surface area contributed by atoms with E-state index in [0.717, 1.165) is 25.7 Å². The number of halogens is 2. The first-order chi connectivity index (χ1) is 13.2. The Morgan fingerprint density at radius 3 is 2.18 bits per heavy atom. The van der Waals surface area contributed by atoms with Crippen molar-refractivity contribution in [3.63, 3.8) is 0 Å². The largest absolute Gasteiger partial charge is 0.461 e. The predicted molar refractivity (Wildman–Crippen MR) is 112 cm³/mol. The maximum atomic E-state index is 13.0. The van der Waals surface area contributed by atoms with Gasteiger partial charge >= 0.3 is 5.97 Å². The van der Waals surface area contributed by atoms with Crippen LogP contribution < -0.4 is 0 Å². The summed E-state index contributed by atoms with van der Waals surface area (Å²) in [5, 5.41) is 0. The van der Waals surface area contributed by atoms with Gasteiger partial charge in [-0.2, -0.15) is 0 Å². The van der Waals surface area contributed by atoms with Crippen LogP contribution >= 0.6 is 31.9 Å². The summed E-state index contributed by atoms with van der Waals surface area (Å²) < 4.78 is 5.82. The van der Waals surface area contributed by atoms with Crippen LogP contribution in [-0.2, 0) is 19.1 Å². The first-order valence-electron chi connectivity index (χ1n) is 10.5. The van der Waals surface area contributed by atoms with Gasteiger partial charge in [-0.25, -0.2) is 0 Å². The van der Waals surface area contributed by atoms with E-state index in [9.17, 15) is 14.4 Å². The summed E-state index contributed by atoms with van der Waals surface area (Å²) >= 11 is 7.37. The van der Waals surface area contributed by atoms with Crippen LogP contribution in [0.2, 0.25) is 0 Å². The predicted octanol–water partition coefficient (Wildman–Crippen LogP) is 3.77. The minimum atomic E-state index is -0.440. The molecule has 0 N–H and O–H groups in total. The lowest BCUT2D eigenvalue weighted by atomic mass is 9.75. The number of imide groups is 1. The van der Waals surface area contributed by atoms with Gasteiger partial charge in [-0.3, -0.25) is 19.3 Å². The molecule has 3 saturated carbocycles. The average Bonchev–Trinajstić information content (AvgIpc) is 3.22. The molecule has 1 saturated heterocycles. The Kier molecular flexibility index (Phi) is 5.71. The maximum Gasteiger partial charge on any atom is 0.326 e. The zero-order chi connectivity index (χ0) is 20.3. The van der Waals surface area contributed by atoms with E-state index in [-0.39, 0.29) is 57.8 Å². The van der Waals surface area contributed by atoms with Gasteiger partial charge in [0.05, 0.1) is 11.8 Å². The fourth-order valence-electron chi connectivity index (χ4n) is 6.15. The summed E-state index contributed by atoms with van der Waals surface area (Å²) in [5.41, 5.74) is 0. The molecule has 0 aromatic carbocycles. The molecule has 0 aromatic rings. The molecule has 0 radical (unpaired) electrons. The van der Waals surface area contributed by atoms with Gasteiger partial charge in [0, 0.05) is 9.65 Å². The van der Waals surface area contributed by atoms with Gasteiger partial charge in [-0.05, 0) is 48.9 Å². The van der Waals surface area contributed by atoms with Crippen molar-refractivity contribution < 1.29 is 19.1 Å². The molecule has 0 spiro atoms. The monoisotopic (exact) mass is 517 g/mol. The van der Waals surface area contributed by atoms with E-state index in [0.29, 0.717) is 17.8 Å². The van der Waals surface area contributed by atoms with Crippen LogP contribution in [0.15, 0.2) is 0 Å². The molecule has 4 rings (SSSR count). The van der Waals surface area contributed by atoms with Crippen molar-refractivity contribution >= 4 is 49.6 Å². The Bertz CT molecular complexity index is 651. The second-order valence-corrected chi connectivity index (χ2v) is 11.7. The first kappa shape index (κ1) is 20.8. The molecule has 5 unspecified atom stereocenters. The molecule has 1 heterocycles. The quantitative estimate of drug-likeness (QED) is 0.323. The first-order valence-corrected chi connectivity index (χ1v) is 12.4. The van der Waals surface area contributed by atoms with Crippen molar-refractivity contribution in [2.24, 2.45) is 41.4 Å². The van der Waals surface area contributed by atoms with Crippen LogP contribution in [0.1, 0.15) is 46.5 Å². The number of hydrogen-bond acceptors (Lipinski definition) is 4. The molecule has 5 nitrogen and oxygen atoms in total. The van der Waals surface area contributed by atoms with Crippen molar-refractivity contribution in [3.05, 3.63) is 0 Å². The zero-order valence-corrected chi connectivity index (χ0v) is 19.8. The molecule has 4 aliphatic rings. The highest BCUT2D eigenvalue weighted by Crippen LogP contribution is 2.60. The third-order valence-corrected chi connectivity index (χ3v) is 10.8. The number of amides is 2. The molecule has 4 fully saturated rings. The minimum absolute atomic E-state index is 0.112. The summed E-state index contributed by atoms with van der Waals surface area (Å²) in [7, 11) is 0. The zero-order valence-electron chi connectivity index (χ0n) is 16.6. The maximum absolute atomic E-state index is 13.0. The van der Waals surface area contributed by atoms with Crippen LogP contribution in [-0.4, -0.2) is 45.0 Å². The molecule has 9 atom stereocenters. The summed E-state index contributed by atoms with van der Waals surface area (Å²) in [5.74, 6) is 0.312. The lowest BCUT2D eigenvalue weighted by Crippen LogP contribution is -2.41. The van der Waals surface area contributed by atoms with Crippen molar-refractivity contribution in [2.45, 2.75) is 62.2 Å². The third kappa shape index (κ3) is 3.28. The highest BCUT2D eigenvalue weighted by Gasteiger charge is 2.66. The van der Waals surface area contributed by atoms with Crippen molar-refractivity contribution in [3.8, 4) is 0 Å². The topological polar surface area (TPSA) is 63.7 Å². The number of carbonyl (C=O) groups is 3. The molecule has 2 amide bonds. The van der Waals surface area contributed by atoms with E-state index in [2.05, 4.69) is 52.6 Å². The van der Waals surface area contributed by atoms with Gasteiger partial charge in [-0.15, -0.1) is 0 Å². The number of esters is 1. The molecule has 1 aliphatic heterocycles. The smallest absolute Gasteiger partial charge is 0.326 e. The molecule has 28 heavy (non-hydrogen) atoms. The van der Waals surface area contributed by atoms with E-state index >= 15 is 0 Å². The number of ether oxygens (including phenoxy) is 1. The van der Waals surface area contributed by atoms with Gasteiger partial charge in [0.2, 0.25) is 11.8 Å². The van der Waals surface area contributed by atoms with Crippen molar-refractivity contribution in [1.29, 1.82) is 0 Å². The fraction of sp³-hybridized carbons (Fsp3) is 0.857. The lowest BCUT2D eigenvalue weighted by molar-refractivity contribution is -0.162. The van der Waals surface area contributed by atoms with Gasteiger partial charge in [-0.1, -0.05) is 59.1 Å². The molecular formula is C21H29Br2NO4. The van der Waals surface area contributed by atoms with Gasteiger partial charge in [0.15, 0.2) is 0 Å². The summed E-state index contributed by atoms with van der Waals surface area (Å²) in [6, 6.07) is 0. The molecule has 7 heteroatoms. The number of rotatable bonds is 4. The average molecular weight is 519 g/mol. The van der Waals surface area contributed by atoms with Gasteiger partial charge in [0.25, 0.3) is 0 Å². The molecule has 0 aromatic heterocycles. The Morgan fingerprint density at radius 2 is 1.64 bits per heavy atom. The molecule has 2 bridgehead atoms. The standard InChI is InChI=1S/C21H29Br2NO4/c1-9(2)11-5-4-10(3)6-14(11)28-15(25)8-24-20(26)16-12-7-13(17(16)21(24)27)19(23)18(12)22/h9-14,16-19H,4-8H2,1-3H3/t10?,11?,12-,13+,14?,16-,17+,18?,19?. The minimum Gasteiger partial charge on any atom is -0.461 e. The number of likely N-dealkylation sites (tertiary alicyclic amines) is 1. The van der Waals surface area contributed by atoms with Crippen molar-refractivity contribution in [2.75, 3.05) is 6.54 Å². The number of fused-ring (bicyclic) bond motifs is 5. The third-order valence-electron chi connectivity index (χ3n) is 7.61. The molecular weight excluding hydrogens is 490 g/mol. The highest BCUT2D eigenvalue weighted by molar-refractivity contribution is 9.12. The number of carbonyl (C=O) groups excluding carboxylic acids is 3. The van der Waals surface area contributed by atoms with E-state index in [4.69, 9.17) is 4.74 Å². The van der Waals surface area contributed by atoms with Crippen LogP contribution in [0.25, 0.3) is 0 Å². The number of hydrogen-bond donors (Lipinski definition) is 0. The highest BCUT2D eigenvalue weighted by atomic mass is 79.9. The SMILES string of the molecule is CC1CCC(C(C)C)C(OC(=O)CN2C(=O)[C@@H]3[C@H](C2=O)[C@H]2C[C@@H]3C(Br)C2Br)C1. The Balaban J connectivity index is 1.43. The summed E-state index contributed by atoms with van der Waals surface area (Å²) in [4.78, 5) is 40.2. The summed E-state index contributed by atoms with van der Waals surface area (Å²) in [6.45, 7) is 6.29. The van der Waals surface area contributed by atoms with Crippen LogP contribution in [0, 0.1) is 41.4 Å². The number of alkyl halides is 2. The second-order valence-electron chi connectivity index (χ2n) is 9.62. The van der Waals surface area contributed by atoms with E-state index in [1.54, 1.807) is 0 Å². The lowest BCUT2D eigenvalue weighted by Gasteiger charge is -2.36. The normalized spacial score (nSPS) is 45.1. The fourth-order valence-corrected chi connectivity index (χ4v) is 8.03. The Hall–Kier alpha value is -0.430. The molecule has 3 aliphatic carbocycles. The Labute approximate surface area is 183 Å². The molecule has 156 valence electrons. The van der Waals surface area contributed by atoms with E-state index in [1.807, 2.05) is 0 Å². The van der Waals surface area contributed by atoms with Crippen molar-refractivity contribution in [1.82, 2.24) is 4.90 Å². The van der Waals surface area contributed by atoms with Crippen LogP contribution in [0.5, 0.6) is 0 Å². The second kappa shape index (κ2) is 7.68. The van der Waals surface area contributed by atoms with E-state index < -0.39 is 5.97 Å². The van der Waals surface area contributed by atoms with Gasteiger partial charge < -0.3 is 4.74 Å². The van der Waals surface area contributed by atoms with Crippen LogP contribution in [0.3, 0.4) is 0 Å². The summed E-state index contributed by atoms with van der Waals surface area (Å²) in [6.07, 6.45) is 3.87. The van der Waals surface area contributed by atoms with E-state index in [1.165, 1.54) is 4.90 Å². The van der Waals surface area contributed by atoms with Crippen LogP contribution in [0.4, 0.5) is 0 Å². The van der Waals surface area contributed by atoms with Gasteiger partial charge in [0.1, 0.15) is 12.6 Å².